The topological polar surface area (TPSA) is 139 Å². The molecule has 0 saturated heterocycles. The number of carbonyl (C=O) groups is 2. The molecule has 0 unspecified atom stereocenters. The summed E-state index contributed by atoms with van der Waals surface area (Å²) >= 11 is 7.10. The van der Waals surface area contributed by atoms with Crippen LogP contribution in [-0.2, 0) is 14.6 Å². The van der Waals surface area contributed by atoms with Gasteiger partial charge in [-0.15, -0.1) is 5.10 Å². The van der Waals surface area contributed by atoms with Crippen molar-refractivity contribution < 1.29 is 27.5 Å². The summed E-state index contributed by atoms with van der Waals surface area (Å²) in [6.45, 7) is 3.37. The van der Waals surface area contributed by atoms with Gasteiger partial charge in [0.1, 0.15) is 0 Å². The minimum Gasteiger partial charge on any atom is -0.493 e. The maximum Gasteiger partial charge on any atom is 0.343 e. The van der Waals surface area contributed by atoms with Crippen LogP contribution in [0.2, 0.25) is 5.02 Å². The standard InChI is InChI=1S/C23H19ClN4O6S2/c1-4-36(31,32)23-27-28-19(25)15(20(29)26-22(28)35-23)9-13-10-16(24)18(17(11-13)33-3)34-21(30)14-7-5-12(2)6-8-14/h5-11,25H,4H2,1-3H3/b15-9+,25-19?. The van der Waals surface area contributed by atoms with E-state index in [2.05, 4.69) is 10.1 Å². The maximum absolute atomic E-state index is 12.6. The fourth-order valence-corrected chi connectivity index (χ4v) is 5.58. The number of thioether (sulfide) groups is 1. The van der Waals surface area contributed by atoms with Crippen molar-refractivity contribution in [2.45, 2.75) is 13.8 Å². The Hall–Kier alpha value is -3.48. The van der Waals surface area contributed by atoms with E-state index in [4.69, 9.17) is 26.5 Å². The predicted octanol–water partition coefficient (Wildman–Crippen LogP) is 3.89. The summed E-state index contributed by atoms with van der Waals surface area (Å²) < 4.78 is 34.9. The predicted molar refractivity (Wildman–Crippen MR) is 139 cm³/mol. The molecule has 0 atom stereocenters. The fourth-order valence-electron chi connectivity index (χ4n) is 3.15. The third kappa shape index (κ3) is 4.92. The van der Waals surface area contributed by atoms with E-state index in [0.717, 1.165) is 10.6 Å². The summed E-state index contributed by atoms with van der Waals surface area (Å²) in [6, 6.07) is 9.72. The number of hydrogen-bond donors (Lipinski definition) is 1. The Balaban J connectivity index is 1.65. The molecule has 13 heteroatoms. The van der Waals surface area contributed by atoms with Crippen molar-refractivity contribution in [3.05, 3.63) is 63.7 Å². The Labute approximate surface area is 216 Å². The van der Waals surface area contributed by atoms with Gasteiger partial charge in [-0.1, -0.05) is 36.2 Å². The van der Waals surface area contributed by atoms with Gasteiger partial charge in [0.25, 0.3) is 5.91 Å². The molecule has 0 aliphatic carbocycles. The number of rotatable bonds is 5. The lowest BCUT2D eigenvalue weighted by molar-refractivity contribution is -0.114. The molecule has 0 aromatic heterocycles. The van der Waals surface area contributed by atoms with E-state index in [-0.39, 0.29) is 43.2 Å². The second-order valence-corrected chi connectivity index (χ2v) is 11.4. The zero-order valence-electron chi connectivity index (χ0n) is 19.2. The second kappa shape index (κ2) is 9.88. The highest BCUT2D eigenvalue weighted by molar-refractivity contribution is 8.42. The zero-order valence-corrected chi connectivity index (χ0v) is 21.6. The van der Waals surface area contributed by atoms with Crippen LogP contribution in [0.5, 0.6) is 11.5 Å². The first kappa shape index (κ1) is 25.6. The molecule has 2 heterocycles. The van der Waals surface area contributed by atoms with E-state index in [1.807, 2.05) is 6.92 Å². The number of ether oxygens (including phenoxy) is 2. The van der Waals surface area contributed by atoms with Gasteiger partial charge in [-0.3, -0.25) is 10.2 Å². The van der Waals surface area contributed by atoms with Crippen molar-refractivity contribution in [3.63, 3.8) is 0 Å². The molecule has 2 aliphatic heterocycles. The molecule has 4 rings (SSSR count). The smallest absolute Gasteiger partial charge is 0.343 e. The van der Waals surface area contributed by atoms with Gasteiger partial charge in [0.05, 0.1) is 29.0 Å². The molecule has 2 aliphatic rings. The first-order chi connectivity index (χ1) is 17.0. The molecular weight excluding hydrogens is 528 g/mol. The Morgan fingerprint density at radius 2 is 1.94 bits per heavy atom. The monoisotopic (exact) mass is 546 g/mol. The number of hydrazone groups is 1. The number of sulfone groups is 1. The average molecular weight is 547 g/mol. The van der Waals surface area contributed by atoms with Gasteiger partial charge in [-0.2, -0.15) is 10.0 Å². The minimum absolute atomic E-state index is 0.00722. The molecule has 1 N–H and O–H groups in total. The highest BCUT2D eigenvalue weighted by Crippen LogP contribution is 2.38. The van der Waals surface area contributed by atoms with E-state index >= 15 is 0 Å². The molecule has 0 radical (unpaired) electrons. The number of amidine groups is 2. The SMILES string of the molecule is CCS(=O)(=O)C1=NN2C(=N)/C(=C\c3cc(Cl)c(OC(=O)c4ccc(C)cc4)c(OC)c3)C(=O)N=C2S1. The van der Waals surface area contributed by atoms with Crippen molar-refractivity contribution in [2.24, 2.45) is 10.1 Å². The lowest BCUT2D eigenvalue weighted by Crippen LogP contribution is -2.35. The van der Waals surface area contributed by atoms with Gasteiger partial charge in [-0.25, -0.2) is 13.2 Å². The summed E-state index contributed by atoms with van der Waals surface area (Å²) in [5.41, 5.74) is 1.53. The first-order valence-corrected chi connectivity index (χ1v) is 13.3. The van der Waals surface area contributed by atoms with E-state index in [9.17, 15) is 18.0 Å². The van der Waals surface area contributed by atoms with Gasteiger partial charge in [0, 0.05) is 0 Å². The molecule has 10 nitrogen and oxygen atoms in total. The molecule has 1 amide bonds. The average Bonchev–Trinajstić information content (AvgIpc) is 3.28. The van der Waals surface area contributed by atoms with Gasteiger partial charge >= 0.3 is 5.97 Å². The van der Waals surface area contributed by atoms with Gasteiger partial charge in [-0.05, 0) is 54.6 Å². The molecule has 0 spiro atoms. The number of halogens is 1. The highest BCUT2D eigenvalue weighted by Gasteiger charge is 2.39. The van der Waals surface area contributed by atoms with Crippen molar-refractivity contribution in [3.8, 4) is 11.5 Å². The van der Waals surface area contributed by atoms with Crippen LogP contribution in [0, 0.1) is 12.3 Å². The minimum atomic E-state index is -3.64. The van der Waals surface area contributed by atoms with Gasteiger partial charge in [0.2, 0.25) is 19.4 Å². The molecule has 2 aromatic rings. The molecular formula is C23H19ClN4O6S2. The number of nitrogens with one attached hydrogen (secondary N) is 1. The number of methoxy groups -OCH3 is 1. The normalized spacial score (nSPS) is 16.6. The Morgan fingerprint density at radius 3 is 2.58 bits per heavy atom. The van der Waals surface area contributed by atoms with Gasteiger partial charge in [0.15, 0.2) is 17.3 Å². The Bertz CT molecular complexity index is 1500. The summed E-state index contributed by atoms with van der Waals surface area (Å²) in [7, 11) is -2.27. The number of benzene rings is 2. The van der Waals surface area contributed by atoms with Crippen molar-refractivity contribution in [2.75, 3.05) is 12.9 Å². The largest absolute Gasteiger partial charge is 0.493 e. The van der Waals surface area contributed by atoms with E-state index < -0.39 is 21.7 Å². The van der Waals surface area contributed by atoms with Crippen LogP contribution < -0.4 is 9.47 Å². The Morgan fingerprint density at radius 1 is 1.25 bits per heavy atom. The summed E-state index contributed by atoms with van der Waals surface area (Å²) in [5.74, 6) is -1.78. The lowest BCUT2D eigenvalue weighted by Gasteiger charge is -2.20. The molecule has 36 heavy (non-hydrogen) atoms. The third-order valence-electron chi connectivity index (χ3n) is 5.13. The first-order valence-electron chi connectivity index (χ1n) is 10.4. The fraction of sp³-hybridized carbons (Fsp3) is 0.174. The van der Waals surface area contributed by atoms with Gasteiger partial charge < -0.3 is 9.47 Å². The van der Waals surface area contributed by atoms with Crippen molar-refractivity contribution >= 4 is 66.5 Å². The molecule has 0 saturated carbocycles. The van der Waals surface area contributed by atoms with Crippen LogP contribution in [0.25, 0.3) is 6.08 Å². The van der Waals surface area contributed by atoms with Crippen molar-refractivity contribution in [1.82, 2.24) is 5.01 Å². The van der Waals surface area contributed by atoms with Crippen LogP contribution in [0.1, 0.15) is 28.4 Å². The molecule has 0 bridgehead atoms. The number of fused-ring (bicyclic) bond motifs is 1. The number of aliphatic imine (C=N–C) groups is 1. The van der Waals surface area contributed by atoms with Crippen LogP contribution in [-0.4, -0.2) is 53.5 Å². The van der Waals surface area contributed by atoms with Crippen molar-refractivity contribution in [1.29, 1.82) is 5.41 Å². The Kier molecular flexibility index (Phi) is 7.03. The van der Waals surface area contributed by atoms with E-state index in [1.54, 1.807) is 24.3 Å². The summed E-state index contributed by atoms with van der Waals surface area (Å²) in [4.78, 5) is 29.1. The maximum atomic E-state index is 12.6. The lowest BCUT2D eigenvalue weighted by atomic mass is 10.1. The number of nitrogens with zero attached hydrogens (tertiary/aromatic N) is 3. The molecule has 2 aromatic carbocycles. The third-order valence-corrected chi connectivity index (χ3v) is 8.50. The number of amides is 1. The number of aryl methyl sites for hydroxylation is 1. The zero-order chi connectivity index (χ0) is 26.2. The highest BCUT2D eigenvalue weighted by atomic mass is 35.5. The van der Waals surface area contributed by atoms with Crippen LogP contribution in [0.15, 0.2) is 52.1 Å². The quantitative estimate of drug-likeness (QED) is 0.338. The number of carbonyl (C=O) groups excluding carboxylic acids is 2. The molecule has 0 fully saturated rings. The number of hydrogen-bond acceptors (Lipinski definition) is 9. The summed E-state index contributed by atoms with van der Waals surface area (Å²) in [5, 5.41) is 13.4. The summed E-state index contributed by atoms with van der Waals surface area (Å²) in [6.07, 6.45) is 1.34. The van der Waals surface area contributed by atoms with E-state index in [1.165, 1.54) is 32.2 Å². The van der Waals surface area contributed by atoms with Crippen LogP contribution >= 0.6 is 23.4 Å². The second-order valence-electron chi connectivity index (χ2n) is 7.58. The molecule has 186 valence electrons. The van der Waals surface area contributed by atoms with Crippen LogP contribution in [0.3, 0.4) is 0 Å². The van der Waals surface area contributed by atoms with Crippen LogP contribution in [0.4, 0.5) is 0 Å². The number of esters is 1. The van der Waals surface area contributed by atoms with E-state index in [0.29, 0.717) is 22.9 Å².